The second kappa shape index (κ2) is 6.51. The summed E-state index contributed by atoms with van der Waals surface area (Å²) in [6.45, 7) is 2.78. The second-order valence-electron chi connectivity index (χ2n) is 5.67. The second-order valence-corrected chi connectivity index (χ2v) is 5.67. The van der Waals surface area contributed by atoms with Crippen LogP contribution in [0.25, 0.3) is 34.1 Å². The zero-order valence-corrected chi connectivity index (χ0v) is 13.9. The van der Waals surface area contributed by atoms with E-state index in [-0.39, 0.29) is 5.89 Å². The number of nitrogens with zero attached hydrogens (tertiary/aromatic N) is 4. The normalized spacial score (nSPS) is 11.0. The maximum absolute atomic E-state index is 13.4. The molecule has 2 aromatic heterocycles. The molecule has 26 heavy (non-hydrogen) atoms. The Morgan fingerprint density at radius 1 is 0.962 bits per heavy atom. The SMILES string of the molecule is CCn1nccc1-c1cccc(-c2noc(-c3ccc(F)c(F)c3)n2)c1. The molecule has 130 valence electrons. The molecule has 5 nitrogen and oxygen atoms in total. The number of rotatable bonds is 4. The third-order valence-electron chi connectivity index (χ3n) is 4.03. The van der Waals surface area contributed by atoms with Gasteiger partial charge >= 0.3 is 0 Å². The molecule has 7 heteroatoms. The van der Waals surface area contributed by atoms with E-state index in [1.807, 2.05) is 41.9 Å². The molecule has 2 heterocycles. The number of aryl methyl sites for hydroxylation is 1. The summed E-state index contributed by atoms with van der Waals surface area (Å²) < 4.78 is 33.6. The van der Waals surface area contributed by atoms with Gasteiger partial charge < -0.3 is 4.52 Å². The highest BCUT2D eigenvalue weighted by Crippen LogP contribution is 2.27. The molecular formula is C19H14F2N4O. The number of hydrogen-bond acceptors (Lipinski definition) is 4. The van der Waals surface area contributed by atoms with Crippen molar-refractivity contribution < 1.29 is 13.3 Å². The smallest absolute Gasteiger partial charge is 0.258 e. The number of benzene rings is 2. The monoisotopic (exact) mass is 352 g/mol. The van der Waals surface area contributed by atoms with E-state index in [4.69, 9.17) is 4.52 Å². The first-order chi connectivity index (χ1) is 12.7. The van der Waals surface area contributed by atoms with Crippen LogP contribution in [-0.2, 0) is 6.54 Å². The molecule has 0 spiro atoms. The van der Waals surface area contributed by atoms with Gasteiger partial charge in [-0.05, 0) is 37.3 Å². The molecule has 0 N–H and O–H groups in total. The Balaban J connectivity index is 1.70. The number of aromatic nitrogens is 4. The van der Waals surface area contributed by atoms with Crippen LogP contribution in [-0.4, -0.2) is 19.9 Å². The molecule has 0 unspecified atom stereocenters. The lowest BCUT2D eigenvalue weighted by Gasteiger charge is -2.05. The molecule has 0 amide bonds. The lowest BCUT2D eigenvalue weighted by atomic mass is 10.1. The fourth-order valence-corrected chi connectivity index (χ4v) is 2.73. The van der Waals surface area contributed by atoms with Crippen molar-refractivity contribution in [3.8, 4) is 34.1 Å². The van der Waals surface area contributed by atoms with E-state index in [0.717, 1.165) is 35.5 Å². The fraction of sp³-hybridized carbons (Fsp3) is 0.105. The summed E-state index contributed by atoms with van der Waals surface area (Å²) in [4.78, 5) is 4.30. The van der Waals surface area contributed by atoms with Crippen LogP contribution >= 0.6 is 0 Å². The molecule has 0 bridgehead atoms. The highest BCUT2D eigenvalue weighted by Gasteiger charge is 2.14. The molecule has 0 fully saturated rings. The van der Waals surface area contributed by atoms with Gasteiger partial charge in [0.2, 0.25) is 5.82 Å². The Bertz CT molecular complexity index is 1070. The zero-order chi connectivity index (χ0) is 18.1. The highest BCUT2D eigenvalue weighted by molar-refractivity contribution is 5.68. The Hall–Kier alpha value is -3.35. The molecule has 0 saturated carbocycles. The van der Waals surface area contributed by atoms with Gasteiger partial charge in [0.15, 0.2) is 11.6 Å². The van der Waals surface area contributed by atoms with Gasteiger partial charge in [0.25, 0.3) is 5.89 Å². The Kier molecular flexibility index (Phi) is 4.04. The molecule has 0 saturated heterocycles. The first-order valence-corrected chi connectivity index (χ1v) is 8.07. The maximum Gasteiger partial charge on any atom is 0.258 e. The van der Waals surface area contributed by atoms with E-state index in [9.17, 15) is 8.78 Å². The third-order valence-corrected chi connectivity index (χ3v) is 4.03. The molecule has 0 aliphatic carbocycles. The van der Waals surface area contributed by atoms with Crippen LogP contribution in [0.4, 0.5) is 8.78 Å². The fourth-order valence-electron chi connectivity index (χ4n) is 2.73. The van der Waals surface area contributed by atoms with Crippen LogP contribution < -0.4 is 0 Å². The van der Waals surface area contributed by atoms with Gasteiger partial charge in [-0.25, -0.2) is 8.78 Å². The van der Waals surface area contributed by atoms with Crippen molar-refractivity contribution in [3.05, 3.63) is 66.4 Å². The summed E-state index contributed by atoms with van der Waals surface area (Å²) in [7, 11) is 0. The van der Waals surface area contributed by atoms with Crippen LogP contribution in [0.3, 0.4) is 0 Å². The summed E-state index contributed by atoms with van der Waals surface area (Å²) in [6.07, 6.45) is 1.75. The van der Waals surface area contributed by atoms with Crippen molar-refractivity contribution in [1.29, 1.82) is 0 Å². The molecule has 2 aromatic carbocycles. The van der Waals surface area contributed by atoms with Gasteiger partial charge in [-0.3, -0.25) is 4.68 Å². The van der Waals surface area contributed by atoms with Crippen LogP contribution in [0.15, 0.2) is 59.3 Å². The largest absolute Gasteiger partial charge is 0.334 e. The van der Waals surface area contributed by atoms with Crippen molar-refractivity contribution in [1.82, 2.24) is 19.9 Å². The number of hydrogen-bond donors (Lipinski definition) is 0. The molecule has 0 atom stereocenters. The van der Waals surface area contributed by atoms with E-state index >= 15 is 0 Å². The van der Waals surface area contributed by atoms with Gasteiger partial charge in [-0.2, -0.15) is 10.1 Å². The van der Waals surface area contributed by atoms with E-state index in [1.54, 1.807) is 6.20 Å². The lowest BCUT2D eigenvalue weighted by Crippen LogP contribution is -1.98. The average molecular weight is 352 g/mol. The van der Waals surface area contributed by atoms with Gasteiger partial charge in [-0.15, -0.1) is 0 Å². The quantitative estimate of drug-likeness (QED) is 0.540. The predicted molar refractivity (Wildman–Crippen MR) is 92.0 cm³/mol. The standard InChI is InChI=1S/C19H14F2N4O/c1-2-25-17(8-9-22-25)12-4-3-5-13(10-12)18-23-19(26-24-18)14-6-7-15(20)16(21)11-14/h3-11H,2H2,1H3. The minimum atomic E-state index is -0.961. The van der Waals surface area contributed by atoms with Crippen LogP contribution in [0.1, 0.15) is 6.92 Å². The predicted octanol–water partition coefficient (Wildman–Crippen LogP) is 4.57. The summed E-state index contributed by atoms with van der Waals surface area (Å²) in [6, 6.07) is 13.1. The van der Waals surface area contributed by atoms with E-state index in [2.05, 4.69) is 15.2 Å². The van der Waals surface area contributed by atoms with Gasteiger partial charge in [0.1, 0.15) is 0 Å². The van der Waals surface area contributed by atoms with Crippen molar-refractivity contribution in [2.24, 2.45) is 0 Å². The van der Waals surface area contributed by atoms with E-state index in [0.29, 0.717) is 11.4 Å². The van der Waals surface area contributed by atoms with Crippen LogP contribution in [0.2, 0.25) is 0 Å². The number of halogens is 2. The van der Waals surface area contributed by atoms with Crippen LogP contribution in [0, 0.1) is 11.6 Å². The average Bonchev–Trinajstić information content (AvgIpc) is 3.33. The Morgan fingerprint density at radius 3 is 2.62 bits per heavy atom. The molecule has 0 aliphatic heterocycles. The van der Waals surface area contributed by atoms with E-state index in [1.165, 1.54) is 6.07 Å². The molecular weight excluding hydrogens is 338 g/mol. The summed E-state index contributed by atoms with van der Waals surface area (Å²) in [5.41, 5.74) is 3.03. The first-order valence-electron chi connectivity index (χ1n) is 8.07. The van der Waals surface area contributed by atoms with Gasteiger partial charge in [0, 0.05) is 29.4 Å². The highest BCUT2D eigenvalue weighted by atomic mass is 19.2. The summed E-state index contributed by atoms with van der Waals surface area (Å²) in [5.74, 6) is -1.39. The Morgan fingerprint density at radius 2 is 1.81 bits per heavy atom. The minimum Gasteiger partial charge on any atom is -0.334 e. The summed E-state index contributed by atoms with van der Waals surface area (Å²) >= 11 is 0. The van der Waals surface area contributed by atoms with Crippen molar-refractivity contribution >= 4 is 0 Å². The van der Waals surface area contributed by atoms with Crippen molar-refractivity contribution in [3.63, 3.8) is 0 Å². The van der Waals surface area contributed by atoms with Crippen molar-refractivity contribution in [2.75, 3.05) is 0 Å². The first kappa shape index (κ1) is 16.1. The maximum atomic E-state index is 13.4. The molecule has 0 radical (unpaired) electrons. The lowest BCUT2D eigenvalue weighted by molar-refractivity contribution is 0.431. The minimum absolute atomic E-state index is 0.128. The zero-order valence-electron chi connectivity index (χ0n) is 13.9. The van der Waals surface area contributed by atoms with Gasteiger partial charge in [0.05, 0.1) is 5.69 Å². The Labute approximate surface area is 147 Å². The van der Waals surface area contributed by atoms with E-state index < -0.39 is 11.6 Å². The summed E-state index contributed by atoms with van der Waals surface area (Å²) in [5, 5.41) is 8.23. The molecule has 4 aromatic rings. The topological polar surface area (TPSA) is 56.7 Å². The van der Waals surface area contributed by atoms with Crippen LogP contribution in [0.5, 0.6) is 0 Å². The van der Waals surface area contributed by atoms with Gasteiger partial charge in [-0.1, -0.05) is 23.4 Å². The molecule has 0 aliphatic rings. The third kappa shape index (κ3) is 2.88. The van der Waals surface area contributed by atoms with Crippen molar-refractivity contribution in [2.45, 2.75) is 13.5 Å². The molecule has 4 rings (SSSR count).